The maximum Gasteiger partial charge on any atom is 0.162 e. The standard InChI is InChI=1S/C30H38N4/c1-6-22-17-24-14-15-25(19-26(24)18-23(22)7-2)29-33-28-20(4)11-9-13-27(28)30(34-29)32-21(5)12-10-16-31-8-3/h9,11,13-15,17-19,21,31H,6-8,10,12,16H2,1-5H3,(H,32,33,34). The normalized spacial score (nSPS) is 12.4. The monoisotopic (exact) mass is 454 g/mol. The minimum absolute atomic E-state index is 0.335. The average Bonchev–Trinajstić information content (AvgIpc) is 2.85. The molecule has 0 bridgehead atoms. The predicted octanol–water partition coefficient (Wildman–Crippen LogP) is 7.07. The minimum Gasteiger partial charge on any atom is -0.367 e. The summed E-state index contributed by atoms with van der Waals surface area (Å²) in [7, 11) is 0. The molecule has 178 valence electrons. The Labute approximate surface area is 204 Å². The molecular weight excluding hydrogens is 416 g/mol. The maximum atomic E-state index is 5.04. The van der Waals surface area contributed by atoms with Crippen molar-refractivity contribution in [2.45, 2.75) is 66.3 Å². The van der Waals surface area contributed by atoms with E-state index in [1.807, 2.05) is 0 Å². The van der Waals surface area contributed by atoms with Crippen molar-refractivity contribution in [1.82, 2.24) is 15.3 Å². The molecule has 1 aromatic heterocycles. The summed E-state index contributed by atoms with van der Waals surface area (Å²) in [5.74, 6) is 1.71. The molecule has 4 rings (SSSR count). The van der Waals surface area contributed by atoms with Gasteiger partial charge in [0.15, 0.2) is 5.82 Å². The molecular formula is C30H38N4. The van der Waals surface area contributed by atoms with Crippen LogP contribution in [0.3, 0.4) is 0 Å². The number of fused-ring (bicyclic) bond motifs is 2. The number of nitrogens with zero attached hydrogens (tertiary/aromatic N) is 2. The van der Waals surface area contributed by atoms with Gasteiger partial charge in [0, 0.05) is 17.0 Å². The summed E-state index contributed by atoms with van der Waals surface area (Å²) in [6.07, 6.45) is 4.35. The van der Waals surface area contributed by atoms with Crippen LogP contribution in [-0.4, -0.2) is 29.1 Å². The third-order valence-electron chi connectivity index (χ3n) is 6.73. The molecule has 1 heterocycles. The van der Waals surface area contributed by atoms with E-state index >= 15 is 0 Å². The number of benzene rings is 3. The Morgan fingerprint density at radius 2 is 1.65 bits per heavy atom. The van der Waals surface area contributed by atoms with Crippen LogP contribution in [-0.2, 0) is 12.8 Å². The first-order chi connectivity index (χ1) is 16.5. The van der Waals surface area contributed by atoms with Crippen molar-refractivity contribution in [2.24, 2.45) is 0 Å². The van der Waals surface area contributed by atoms with Gasteiger partial charge in [0.1, 0.15) is 5.82 Å². The largest absolute Gasteiger partial charge is 0.367 e. The van der Waals surface area contributed by atoms with E-state index < -0.39 is 0 Å². The number of nitrogens with one attached hydrogen (secondary N) is 2. The molecule has 0 aliphatic heterocycles. The van der Waals surface area contributed by atoms with E-state index in [9.17, 15) is 0 Å². The molecule has 0 saturated heterocycles. The first kappa shape index (κ1) is 24.2. The molecule has 4 aromatic rings. The molecule has 0 amide bonds. The molecule has 1 unspecified atom stereocenters. The van der Waals surface area contributed by atoms with Crippen molar-refractivity contribution < 1.29 is 0 Å². The van der Waals surface area contributed by atoms with Crippen molar-refractivity contribution in [2.75, 3.05) is 18.4 Å². The van der Waals surface area contributed by atoms with E-state index in [0.29, 0.717) is 6.04 Å². The molecule has 4 heteroatoms. The van der Waals surface area contributed by atoms with Gasteiger partial charge in [0.05, 0.1) is 5.52 Å². The number of para-hydroxylation sites is 1. The summed E-state index contributed by atoms with van der Waals surface area (Å²) < 4.78 is 0. The second-order valence-electron chi connectivity index (χ2n) is 9.30. The molecule has 0 fully saturated rings. The van der Waals surface area contributed by atoms with E-state index in [0.717, 1.165) is 66.9 Å². The summed E-state index contributed by atoms with van der Waals surface area (Å²) in [4.78, 5) is 10.1. The van der Waals surface area contributed by atoms with Crippen LogP contribution in [0.2, 0.25) is 0 Å². The molecule has 34 heavy (non-hydrogen) atoms. The van der Waals surface area contributed by atoms with Gasteiger partial charge in [-0.25, -0.2) is 9.97 Å². The van der Waals surface area contributed by atoms with Gasteiger partial charge in [-0.05, 0) is 92.2 Å². The fraction of sp³-hybridized carbons (Fsp3) is 0.400. The summed E-state index contributed by atoms with van der Waals surface area (Å²) in [6.45, 7) is 13.1. The van der Waals surface area contributed by atoms with Crippen LogP contribution in [0.25, 0.3) is 33.1 Å². The molecule has 4 nitrogen and oxygen atoms in total. The zero-order chi connectivity index (χ0) is 24.1. The molecule has 2 N–H and O–H groups in total. The Bertz CT molecular complexity index is 1280. The highest BCUT2D eigenvalue weighted by molar-refractivity contribution is 5.94. The smallest absolute Gasteiger partial charge is 0.162 e. The highest BCUT2D eigenvalue weighted by Crippen LogP contribution is 2.30. The van der Waals surface area contributed by atoms with Gasteiger partial charge in [-0.3, -0.25) is 0 Å². The number of rotatable bonds is 10. The summed E-state index contributed by atoms with van der Waals surface area (Å²) in [5.41, 5.74) is 6.12. The summed E-state index contributed by atoms with van der Waals surface area (Å²) >= 11 is 0. The lowest BCUT2D eigenvalue weighted by Crippen LogP contribution is -2.20. The van der Waals surface area contributed by atoms with Crippen molar-refractivity contribution in [3.63, 3.8) is 0 Å². The van der Waals surface area contributed by atoms with Gasteiger partial charge in [-0.1, -0.05) is 57.2 Å². The van der Waals surface area contributed by atoms with Crippen LogP contribution >= 0.6 is 0 Å². The number of anilines is 1. The Balaban J connectivity index is 1.73. The van der Waals surface area contributed by atoms with E-state index in [2.05, 4.69) is 93.8 Å². The molecule has 0 spiro atoms. The van der Waals surface area contributed by atoms with Crippen molar-refractivity contribution in [1.29, 1.82) is 0 Å². The van der Waals surface area contributed by atoms with E-state index in [4.69, 9.17) is 9.97 Å². The van der Waals surface area contributed by atoms with Gasteiger partial charge in [0.2, 0.25) is 0 Å². The quantitative estimate of drug-likeness (QED) is 0.252. The van der Waals surface area contributed by atoms with E-state index in [1.54, 1.807) is 0 Å². The van der Waals surface area contributed by atoms with Crippen molar-refractivity contribution in [3.05, 3.63) is 65.2 Å². The SMILES string of the molecule is CCNCCCC(C)Nc1nc(-c2ccc3cc(CC)c(CC)cc3c2)nc2c(C)cccc12. The lowest BCUT2D eigenvalue weighted by Gasteiger charge is -2.18. The minimum atomic E-state index is 0.335. The number of aromatic nitrogens is 2. The summed E-state index contributed by atoms with van der Waals surface area (Å²) in [5, 5.41) is 10.7. The topological polar surface area (TPSA) is 49.8 Å². The number of hydrogen-bond acceptors (Lipinski definition) is 4. The average molecular weight is 455 g/mol. The van der Waals surface area contributed by atoms with E-state index in [-0.39, 0.29) is 0 Å². The third kappa shape index (κ3) is 5.23. The maximum absolute atomic E-state index is 5.04. The molecule has 0 radical (unpaired) electrons. The first-order valence-corrected chi connectivity index (χ1v) is 12.8. The second kappa shape index (κ2) is 11.0. The van der Waals surface area contributed by atoms with Gasteiger partial charge < -0.3 is 10.6 Å². The fourth-order valence-electron chi connectivity index (χ4n) is 4.74. The Morgan fingerprint density at radius 3 is 2.38 bits per heavy atom. The van der Waals surface area contributed by atoms with E-state index in [1.165, 1.54) is 27.5 Å². The van der Waals surface area contributed by atoms with Gasteiger partial charge in [-0.15, -0.1) is 0 Å². The molecule has 0 aliphatic rings. The first-order valence-electron chi connectivity index (χ1n) is 12.8. The van der Waals surface area contributed by atoms with Crippen molar-refractivity contribution >= 4 is 27.5 Å². The lowest BCUT2D eigenvalue weighted by molar-refractivity contribution is 0.602. The lowest BCUT2D eigenvalue weighted by atomic mass is 9.96. The van der Waals surface area contributed by atoms with Crippen molar-refractivity contribution in [3.8, 4) is 11.4 Å². The van der Waals surface area contributed by atoms with Crippen LogP contribution < -0.4 is 10.6 Å². The number of aryl methyl sites for hydroxylation is 3. The fourth-order valence-corrected chi connectivity index (χ4v) is 4.74. The predicted molar refractivity (Wildman–Crippen MR) is 147 cm³/mol. The van der Waals surface area contributed by atoms with Crippen LogP contribution in [0, 0.1) is 6.92 Å². The van der Waals surface area contributed by atoms with Crippen LogP contribution in [0.5, 0.6) is 0 Å². The molecule has 3 aromatic carbocycles. The van der Waals surface area contributed by atoms with Gasteiger partial charge >= 0.3 is 0 Å². The van der Waals surface area contributed by atoms with Gasteiger partial charge in [-0.2, -0.15) is 0 Å². The molecule has 0 aliphatic carbocycles. The molecule has 0 saturated carbocycles. The Kier molecular flexibility index (Phi) is 7.79. The third-order valence-corrected chi connectivity index (χ3v) is 6.73. The van der Waals surface area contributed by atoms with Crippen LogP contribution in [0.1, 0.15) is 57.2 Å². The van der Waals surface area contributed by atoms with Crippen LogP contribution in [0.15, 0.2) is 48.5 Å². The molecule has 1 atom stereocenters. The Morgan fingerprint density at radius 1 is 0.882 bits per heavy atom. The zero-order valence-corrected chi connectivity index (χ0v) is 21.3. The second-order valence-corrected chi connectivity index (χ2v) is 9.30. The highest BCUT2D eigenvalue weighted by Gasteiger charge is 2.14. The number of hydrogen-bond donors (Lipinski definition) is 2. The summed E-state index contributed by atoms with van der Waals surface area (Å²) in [6, 6.07) is 18.0. The van der Waals surface area contributed by atoms with Gasteiger partial charge in [0.25, 0.3) is 0 Å². The highest BCUT2D eigenvalue weighted by atomic mass is 15.1. The Hall–Kier alpha value is -2.98. The van der Waals surface area contributed by atoms with Crippen LogP contribution in [0.4, 0.5) is 5.82 Å². The zero-order valence-electron chi connectivity index (χ0n) is 21.3.